The van der Waals surface area contributed by atoms with Gasteiger partial charge in [0.05, 0.1) is 0 Å². The van der Waals surface area contributed by atoms with E-state index in [-0.39, 0.29) is 5.92 Å². The molecule has 0 saturated heterocycles. The average molecular weight is 715 g/mol. The van der Waals surface area contributed by atoms with Crippen LogP contribution in [0.15, 0.2) is 237 Å². The summed E-state index contributed by atoms with van der Waals surface area (Å²) < 4.78 is 0. The van der Waals surface area contributed by atoms with Crippen LogP contribution in [0.1, 0.15) is 22.6 Å². The fraction of sp³-hybridized carbons (Fsp3) is 0.0357. The van der Waals surface area contributed by atoms with E-state index in [4.69, 9.17) is 0 Å². The Morgan fingerprint density at radius 3 is 0.661 bits per heavy atom. The molecule has 0 aliphatic rings. The molecule has 0 nitrogen and oxygen atoms in total. The third-order valence-electron chi connectivity index (χ3n) is 10.8. The van der Waals surface area contributed by atoms with Crippen molar-refractivity contribution in [2.45, 2.75) is 12.3 Å². The molecule has 0 aliphatic carbocycles. The summed E-state index contributed by atoms with van der Waals surface area (Å²) in [6, 6.07) is 86.5. The topological polar surface area (TPSA) is 0 Å². The van der Waals surface area contributed by atoms with Crippen LogP contribution >= 0.6 is 0 Å². The van der Waals surface area contributed by atoms with Gasteiger partial charge in [-0.25, -0.2) is 0 Å². The van der Waals surface area contributed by atoms with Crippen LogP contribution in [-0.2, 0) is 6.42 Å². The van der Waals surface area contributed by atoms with E-state index in [0.717, 1.165) is 6.42 Å². The Balaban J connectivity index is 1.29. The minimum Gasteiger partial charge on any atom is -0.0622 e. The molecular weight excluding hydrogens is 673 g/mol. The highest BCUT2D eigenvalue weighted by Crippen LogP contribution is 2.40. The van der Waals surface area contributed by atoms with E-state index in [1.807, 2.05) is 0 Å². The number of benzene rings is 9. The van der Waals surface area contributed by atoms with E-state index in [1.54, 1.807) is 0 Å². The lowest BCUT2D eigenvalue weighted by Crippen LogP contribution is -2.07. The molecule has 0 radical (unpaired) electrons. The normalized spacial score (nSPS) is 11.1. The monoisotopic (exact) mass is 714 g/mol. The predicted molar refractivity (Wildman–Crippen MR) is 237 cm³/mol. The van der Waals surface area contributed by atoms with Gasteiger partial charge in [-0.05, 0) is 108 Å². The summed E-state index contributed by atoms with van der Waals surface area (Å²) in [4.78, 5) is 0. The van der Waals surface area contributed by atoms with E-state index in [2.05, 4.69) is 237 Å². The van der Waals surface area contributed by atoms with E-state index >= 15 is 0 Å². The summed E-state index contributed by atoms with van der Waals surface area (Å²) >= 11 is 0. The van der Waals surface area contributed by atoms with Crippen molar-refractivity contribution in [3.8, 4) is 66.8 Å². The lowest BCUT2D eigenvalue weighted by atomic mass is 9.80. The molecule has 0 heterocycles. The Bertz CT molecular complexity index is 2370. The minimum absolute atomic E-state index is 0.0434. The number of hydrogen-bond acceptors (Lipinski definition) is 0. The predicted octanol–water partition coefficient (Wildman–Crippen LogP) is 15.1. The van der Waals surface area contributed by atoms with Gasteiger partial charge in [0.2, 0.25) is 0 Å². The number of rotatable bonds is 10. The van der Waals surface area contributed by atoms with Crippen molar-refractivity contribution in [1.29, 1.82) is 0 Å². The molecule has 0 amide bonds. The first-order chi connectivity index (χ1) is 27.7. The minimum atomic E-state index is 0.0434. The van der Waals surface area contributed by atoms with E-state index < -0.39 is 0 Å². The lowest BCUT2D eigenvalue weighted by Gasteiger charge is -2.23. The van der Waals surface area contributed by atoms with E-state index in [0.29, 0.717) is 0 Å². The first-order valence-electron chi connectivity index (χ1n) is 19.5. The van der Waals surface area contributed by atoms with Gasteiger partial charge < -0.3 is 0 Å². The molecule has 0 heteroatoms. The summed E-state index contributed by atoms with van der Waals surface area (Å²) in [5.74, 6) is 0.0434. The molecule has 0 saturated carbocycles. The Morgan fingerprint density at radius 1 is 0.214 bits per heavy atom. The Kier molecular flexibility index (Phi) is 10.0. The maximum absolute atomic E-state index is 2.43. The second-order valence-corrected chi connectivity index (χ2v) is 14.6. The van der Waals surface area contributed by atoms with Gasteiger partial charge in [-0.15, -0.1) is 0 Å². The van der Waals surface area contributed by atoms with Crippen molar-refractivity contribution in [1.82, 2.24) is 0 Å². The summed E-state index contributed by atoms with van der Waals surface area (Å²) in [6.07, 6.45) is 0.819. The van der Waals surface area contributed by atoms with Crippen LogP contribution in [0.4, 0.5) is 0 Å². The van der Waals surface area contributed by atoms with Crippen molar-refractivity contribution in [2.75, 3.05) is 0 Å². The van der Waals surface area contributed by atoms with Crippen LogP contribution in [-0.4, -0.2) is 0 Å². The molecule has 0 spiro atoms. The molecule has 0 bridgehead atoms. The molecule has 9 aromatic rings. The van der Waals surface area contributed by atoms with Crippen LogP contribution in [0, 0.1) is 0 Å². The molecule has 0 atom stereocenters. The summed E-state index contributed by atoms with van der Waals surface area (Å²) in [6.45, 7) is 0. The van der Waals surface area contributed by atoms with Gasteiger partial charge in [-0.3, -0.25) is 0 Å². The molecular formula is C56H42. The Morgan fingerprint density at radius 2 is 0.429 bits per heavy atom. The van der Waals surface area contributed by atoms with Crippen LogP contribution in [0.3, 0.4) is 0 Å². The van der Waals surface area contributed by atoms with Gasteiger partial charge in [-0.1, -0.05) is 218 Å². The third kappa shape index (κ3) is 7.78. The van der Waals surface area contributed by atoms with Gasteiger partial charge in [0.25, 0.3) is 0 Å². The van der Waals surface area contributed by atoms with Crippen LogP contribution in [0.2, 0.25) is 0 Å². The van der Waals surface area contributed by atoms with Crippen molar-refractivity contribution in [3.05, 3.63) is 253 Å². The SMILES string of the molecule is c1ccc(-c2cc(CC(c3cc(-c4ccccc4)cc(-c4ccccc4)c3)c3cc(-c4ccccc4)cc(-c4ccccc4)c3)cc(-c3ccccc3)c2)cc1. The largest absolute Gasteiger partial charge is 0.0622 e. The van der Waals surface area contributed by atoms with E-state index in [1.165, 1.54) is 83.5 Å². The summed E-state index contributed by atoms with van der Waals surface area (Å²) in [5.41, 5.74) is 18.5. The number of hydrogen-bond donors (Lipinski definition) is 0. The molecule has 0 unspecified atom stereocenters. The average Bonchev–Trinajstić information content (AvgIpc) is 3.29. The highest BCUT2D eigenvalue weighted by atomic mass is 14.2. The molecule has 266 valence electrons. The molecule has 9 rings (SSSR count). The van der Waals surface area contributed by atoms with E-state index in [9.17, 15) is 0 Å². The summed E-state index contributed by atoms with van der Waals surface area (Å²) in [7, 11) is 0. The highest BCUT2D eigenvalue weighted by Gasteiger charge is 2.21. The zero-order valence-corrected chi connectivity index (χ0v) is 31.3. The van der Waals surface area contributed by atoms with Crippen LogP contribution < -0.4 is 0 Å². The maximum Gasteiger partial charge on any atom is 0.0131 e. The second kappa shape index (κ2) is 16.1. The smallest absolute Gasteiger partial charge is 0.0131 e. The molecule has 56 heavy (non-hydrogen) atoms. The quantitative estimate of drug-likeness (QED) is 0.132. The molecule has 0 N–H and O–H groups in total. The maximum atomic E-state index is 2.43. The first-order valence-corrected chi connectivity index (χ1v) is 19.5. The third-order valence-corrected chi connectivity index (χ3v) is 10.8. The standard InChI is InChI=1S/C56H42/c1-7-19-42(20-8-1)48-31-41(32-49(34-48)43-21-9-2-10-22-43)33-56(54-37-50(44-23-11-3-12-24-44)35-51(38-54)45-25-13-4-14-26-45)55-39-52(46-27-15-5-16-28-46)36-53(40-55)47-29-17-6-18-30-47/h1-32,34-40,56H,33H2. The van der Waals surface area contributed by atoms with Crippen molar-refractivity contribution in [2.24, 2.45) is 0 Å². The van der Waals surface area contributed by atoms with Crippen LogP contribution in [0.25, 0.3) is 66.8 Å². The van der Waals surface area contributed by atoms with Gasteiger partial charge in [0.1, 0.15) is 0 Å². The van der Waals surface area contributed by atoms with Gasteiger partial charge in [0.15, 0.2) is 0 Å². The molecule has 9 aromatic carbocycles. The van der Waals surface area contributed by atoms with Gasteiger partial charge in [-0.2, -0.15) is 0 Å². The fourth-order valence-electron chi connectivity index (χ4n) is 7.96. The lowest BCUT2D eigenvalue weighted by molar-refractivity contribution is 0.807. The van der Waals surface area contributed by atoms with Crippen LogP contribution in [0.5, 0.6) is 0 Å². The first kappa shape index (κ1) is 34.7. The molecule has 0 fully saturated rings. The Labute approximate surface area is 331 Å². The van der Waals surface area contributed by atoms with Gasteiger partial charge >= 0.3 is 0 Å². The molecule has 0 aliphatic heterocycles. The second-order valence-electron chi connectivity index (χ2n) is 14.6. The zero-order valence-electron chi connectivity index (χ0n) is 31.3. The van der Waals surface area contributed by atoms with Gasteiger partial charge in [0, 0.05) is 5.92 Å². The highest BCUT2D eigenvalue weighted by molar-refractivity contribution is 5.78. The van der Waals surface area contributed by atoms with Crippen molar-refractivity contribution < 1.29 is 0 Å². The van der Waals surface area contributed by atoms with Crippen molar-refractivity contribution in [3.63, 3.8) is 0 Å². The molecule has 0 aromatic heterocycles. The Hall–Kier alpha value is -7.02. The zero-order chi connectivity index (χ0) is 37.5. The van der Waals surface area contributed by atoms with Crippen molar-refractivity contribution >= 4 is 0 Å². The summed E-state index contributed by atoms with van der Waals surface area (Å²) in [5, 5.41) is 0. The fourth-order valence-corrected chi connectivity index (χ4v) is 7.96.